The van der Waals surface area contributed by atoms with Crippen LogP contribution in [0.3, 0.4) is 0 Å². The van der Waals surface area contributed by atoms with Crippen molar-refractivity contribution in [1.82, 2.24) is 9.55 Å². The lowest BCUT2D eigenvalue weighted by Gasteiger charge is -2.25. The number of rotatable bonds is 3. The van der Waals surface area contributed by atoms with E-state index in [9.17, 15) is 13.2 Å². The van der Waals surface area contributed by atoms with E-state index in [1.54, 1.807) is 4.57 Å². The third-order valence-corrected chi connectivity index (χ3v) is 5.32. The van der Waals surface area contributed by atoms with E-state index in [0.717, 1.165) is 0 Å². The Kier molecular flexibility index (Phi) is 4.03. The highest BCUT2D eigenvalue weighted by Crippen LogP contribution is 2.30. The molecule has 0 spiro atoms. The number of aryl methyl sites for hydroxylation is 1. The fourth-order valence-electron chi connectivity index (χ4n) is 2.53. The molecule has 0 radical (unpaired) electrons. The highest BCUT2D eigenvalue weighted by Gasteiger charge is 2.30. The van der Waals surface area contributed by atoms with Crippen LogP contribution in [0.15, 0.2) is 0 Å². The summed E-state index contributed by atoms with van der Waals surface area (Å²) < 4.78 is 29.4. The molecule has 1 aromatic heterocycles. The number of carbonyl (C=O) groups excluding carboxylic acids is 1. The molecule has 2 heterocycles. The molecule has 1 aromatic rings. The summed E-state index contributed by atoms with van der Waals surface area (Å²) in [5, 5.41) is 0. The summed E-state index contributed by atoms with van der Waals surface area (Å²) in [5.41, 5.74) is 6.11. The number of nitrogens with zero attached hydrogens (tertiary/aromatic N) is 2. The fourth-order valence-corrected chi connectivity index (χ4v) is 4.00. The number of nitrogens with two attached hydrogens (primary N) is 1. The number of sulfone groups is 1. The number of hydrogen-bond donors (Lipinski definition) is 1. The highest BCUT2D eigenvalue weighted by molar-refractivity contribution is 7.91. The molecule has 112 valence electrons. The normalized spacial score (nSPS) is 18.9. The summed E-state index contributed by atoms with van der Waals surface area (Å²) in [7, 11) is -1.66. The minimum absolute atomic E-state index is 0.0284. The molecule has 0 bridgehead atoms. The molecule has 0 unspecified atom stereocenters. The average Bonchev–Trinajstić information content (AvgIpc) is 2.75. The van der Waals surface area contributed by atoms with E-state index < -0.39 is 15.8 Å². The van der Waals surface area contributed by atoms with Crippen LogP contribution in [0, 0.1) is 0 Å². The minimum atomic E-state index is -2.94. The van der Waals surface area contributed by atoms with Gasteiger partial charge in [-0.25, -0.2) is 18.2 Å². The number of ether oxygens (including phenoxy) is 1. The highest BCUT2D eigenvalue weighted by atomic mass is 32.2. The van der Waals surface area contributed by atoms with Gasteiger partial charge in [-0.3, -0.25) is 0 Å². The molecule has 0 atom stereocenters. The van der Waals surface area contributed by atoms with Crippen LogP contribution in [0.1, 0.15) is 42.1 Å². The van der Waals surface area contributed by atoms with E-state index in [0.29, 0.717) is 25.1 Å². The Morgan fingerprint density at radius 3 is 2.55 bits per heavy atom. The molecular weight excluding hydrogens is 282 g/mol. The molecule has 0 saturated carbocycles. The summed E-state index contributed by atoms with van der Waals surface area (Å²) >= 11 is 0. The Morgan fingerprint density at radius 1 is 1.45 bits per heavy atom. The average molecular weight is 301 g/mol. The van der Waals surface area contributed by atoms with E-state index >= 15 is 0 Å². The lowest BCUT2D eigenvalue weighted by Crippen LogP contribution is -2.27. The van der Waals surface area contributed by atoms with Crippen LogP contribution in [-0.2, 0) is 21.0 Å². The monoisotopic (exact) mass is 301 g/mol. The van der Waals surface area contributed by atoms with Crippen LogP contribution in [-0.4, -0.2) is 42.6 Å². The zero-order valence-corrected chi connectivity index (χ0v) is 12.4. The van der Waals surface area contributed by atoms with Crippen molar-refractivity contribution in [3.63, 3.8) is 0 Å². The topological polar surface area (TPSA) is 104 Å². The van der Waals surface area contributed by atoms with Crippen molar-refractivity contribution < 1.29 is 17.9 Å². The number of anilines is 1. The van der Waals surface area contributed by atoms with E-state index in [1.807, 2.05) is 6.92 Å². The second-order valence-corrected chi connectivity index (χ2v) is 7.16. The first kappa shape index (κ1) is 14.8. The van der Waals surface area contributed by atoms with Gasteiger partial charge in [0, 0.05) is 12.5 Å². The molecule has 1 aliphatic heterocycles. The zero-order chi connectivity index (χ0) is 14.9. The first-order valence-electron chi connectivity index (χ1n) is 6.55. The molecule has 1 saturated heterocycles. The molecule has 2 N–H and O–H groups in total. The van der Waals surface area contributed by atoms with E-state index in [-0.39, 0.29) is 29.1 Å². The second-order valence-electron chi connectivity index (χ2n) is 4.86. The van der Waals surface area contributed by atoms with Crippen molar-refractivity contribution in [3.05, 3.63) is 11.5 Å². The van der Waals surface area contributed by atoms with Crippen LogP contribution in [0.25, 0.3) is 0 Å². The van der Waals surface area contributed by atoms with Gasteiger partial charge in [-0.2, -0.15) is 0 Å². The smallest absolute Gasteiger partial charge is 0.360 e. The predicted octanol–water partition coefficient (Wildman–Crippen LogP) is 0.564. The lowest BCUT2D eigenvalue weighted by atomic mass is 10.1. The largest absolute Gasteiger partial charge is 0.464 e. The molecule has 1 fully saturated rings. The molecule has 0 aliphatic carbocycles. The first-order valence-corrected chi connectivity index (χ1v) is 8.37. The second kappa shape index (κ2) is 5.43. The standard InChI is InChI=1S/C12H19N3O4S/c1-3-9-14-10(12(16)19-2)11(13)15(9)8-4-6-20(17,18)7-5-8/h8H,3-7,13H2,1-2H3. The minimum Gasteiger partial charge on any atom is -0.464 e. The summed E-state index contributed by atoms with van der Waals surface area (Å²) in [6.07, 6.45) is 1.61. The van der Waals surface area contributed by atoms with Crippen molar-refractivity contribution >= 4 is 21.6 Å². The van der Waals surface area contributed by atoms with Gasteiger partial charge in [-0.05, 0) is 12.8 Å². The van der Waals surface area contributed by atoms with Crippen LogP contribution < -0.4 is 5.73 Å². The molecule has 8 heteroatoms. The molecule has 20 heavy (non-hydrogen) atoms. The van der Waals surface area contributed by atoms with Gasteiger partial charge < -0.3 is 15.0 Å². The van der Waals surface area contributed by atoms with E-state index in [4.69, 9.17) is 5.73 Å². The third kappa shape index (κ3) is 2.65. The van der Waals surface area contributed by atoms with Crippen LogP contribution in [0.4, 0.5) is 5.82 Å². The van der Waals surface area contributed by atoms with Crippen molar-refractivity contribution in [2.45, 2.75) is 32.2 Å². The van der Waals surface area contributed by atoms with Crippen molar-refractivity contribution in [2.24, 2.45) is 0 Å². The number of imidazole rings is 1. The van der Waals surface area contributed by atoms with Gasteiger partial charge in [0.2, 0.25) is 0 Å². The van der Waals surface area contributed by atoms with Gasteiger partial charge in [0.05, 0.1) is 18.6 Å². The maximum Gasteiger partial charge on any atom is 0.360 e. The van der Waals surface area contributed by atoms with E-state index in [2.05, 4.69) is 9.72 Å². The fraction of sp³-hybridized carbons (Fsp3) is 0.667. The van der Waals surface area contributed by atoms with Gasteiger partial charge >= 0.3 is 5.97 Å². The Labute approximate surface area is 118 Å². The van der Waals surface area contributed by atoms with Gasteiger partial charge in [0.25, 0.3) is 0 Å². The van der Waals surface area contributed by atoms with Crippen LogP contribution in [0.2, 0.25) is 0 Å². The molecule has 7 nitrogen and oxygen atoms in total. The Morgan fingerprint density at radius 2 is 2.05 bits per heavy atom. The van der Waals surface area contributed by atoms with Crippen LogP contribution >= 0.6 is 0 Å². The van der Waals surface area contributed by atoms with Crippen LogP contribution in [0.5, 0.6) is 0 Å². The van der Waals surface area contributed by atoms with Gasteiger partial charge in [-0.15, -0.1) is 0 Å². The number of esters is 1. The van der Waals surface area contributed by atoms with Crippen molar-refractivity contribution in [2.75, 3.05) is 24.3 Å². The Hall–Kier alpha value is -1.57. The summed E-state index contributed by atoms with van der Waals surface area (Å²) in [5.74, 6) is 0.669. The first-order chi connectivity index (χ1) is 9.39. The van der Waals surface area contributed by atoms with Crippen molar-refractivity contribution in [1.29, 1.82) is 0 Å². The SMILES string of the molecule is CCc1nc(C(=O)OC)c(N)n1C1CCS(=O)(=O)CC1. The number of aromatic nitrogens is 2. The summed E-state index contributed by atoms with van der Waals surface area (Å²) in [6, 6.07) is -0.0284. The summed E-state index contributed by atoms with van der Waals surface area (Å²) in [6.45, 7) is 1.92. The van der Waals surface area contributed by atoms with E-state index in [1.165, 1.54) is 7.11 Å². The maximum absolute atomic E-state index is 11.6. The van der Waals surface area contributed by atoms with Gasteiger partial charge in [-0.1, -0.05) is 6.92 Å². The number of hydrogen-bond acceptors (Lipinski definition) is 6. The molecule has 0 amide bonds. The molecule has 1 aliphatic rings. The predicted molar refractivity (Wildman–Crippen MR) is 74.3 cm³/mol. The Bertz CT molecular complexity index is 607. The molecular formula is C12H19N3O4S. The van der Waals surface area contributed by atoms with Gasteiger partial charge in [0.1, 0.15) is 21.5 Å². The Balaban J connectivity index is 2.36. The summed E-state index contributed by atoms with van der Waals surface area (Å²) in [4.78, 5) is 15.9. The van der Waals surface area contributed by atoms with Crippen molar-refractivity contribution in [3.8, 4) is 0 Å². The molecule has 0 aromatic carbocycles. The number of nitrogen functional groups attached to an aromatic ring is 1. The number of carbonyl (C=O) groups is 1. The lowest BCUT2D eigenvalue weighted by molar-refractivity contribution is 0.0595. The quantitative estimate of drug-likeness (QED) is 0.818. The zero-order valence-electron chi connectivity index (χ0n) is 11.6. The van der Waals surface area contributed by atoms with Gasteiger partial charge in [0.15, 0.2) is 5.69 Å². The third-order valence-electron chi connectivity index (χ3n) is 3.61. The molecule has 2 rings (SSSR count). The maximum atomic E-state index is 11.6. The number of methoxy groups -OCH3 is 1.